The molecular weight excluding hydrogens is 372 g/mol. The largest absolute Gasteiger partial charge is 0.345 e. The zero-order valence-electron chi connectivity index (χ0n) is 17.4. The maximum atomic E-state index is 12.8. The van der Waals surface area contributed by atoms with Gasteiger partial charge < -0.3 is 5.32 Å². The summed E-state index contributed by atoms with van der Waals surface area (Å²) in [6.45, 7) is 6.61. The maximum absolute atomic E-state index is 12.8. The van der Waals surface area contributed by atoms with E-state index in [1.165, 1.54) is 5.56 Å². The van der Waals surface area contributed by atoms with Gasteiger partial charge >= 0.3 is 0 Å². The molecule has 0 fully saturated rings. The van der Waals surface area contributed by atoms with E-state index in [0.29, 0.717) is 12.4 Å². The number of nitrogens with zero attached hydrogens (tertiary/aromatic N) is 3. The summed E-state index contributed by atoms with van der Waals surface area (Å²) in [4.78, 5) is 17.4. The quantitative estimate of drug-likeness (QED) is 0.528. The van der Waals surface area contributed by atoms with Crippen molar-refractivity contribution in [3.8, 4) is 17.1 Å². The van der Waals surface area contributed by atoms with Gasteiger partial charge in [-0.15, -0.1) is 5.10 Å². The van der Waals surface area contributed by atoms with E-state index in [2.05, 4.69) is 41.4 Å². The molecular formula is C25H24N4O. The lowest BCUT2D eigenvalue weighted by atomic mass is 10.1. The molecule has 5 heteroatoms. The Morgan fingerprint density at radius 3 is 2.33 bits per heavy atom. The van der Waals surface area contributed by atoms with Gasteiger partial charge in [-0.05, 0) is 49.6 Å². The van der Waals surface area contributed by atoms with Crippen LogP contribution in [0.1, 0.15) is 32.9 Å². The molecule has 0 unspecified atom stereocenters. The van der Waals surface area contributed by atoms with E-state index in [9.17, 15) is 4.79 Å². The van der Waals surface area contributed by atoms with Crippen molar-refractivity contribution in [3.05, 3.63) is 101 Å². The van der Waals surface area contributed by atoms with Crippen molar-refractivity contribution >= 4 is 5.91 Å². The van der Waals surface area contributed by atoms with E-state index in [-0.39, 0.29) is 11.7 Å². The van der Waals surface area contributed by atoms with Crippen molar-refractivity contribution in [2.45, 2.75) is 27.3 Å². The van der Waals surface area contributed by atoms with Gasteiger partial charge in [0.25, 0.3) is 5.91 Å². The highest BCUT2D eigenvalue weighted by Crippen LogP contribution is 2.23. The van der Waals surface area contributed by atoms with Crippen LogP contribution in [-0.2, 0) is 6.54 Å². The summed E-state index contributed by atoms with van der Waals surface area (Å²) >= 11 is 0. The van der Waals surface area contributed by atoms with Gasteiger partial charge in [0.05, 0.1) is 5.69 Å². The topological polar surface area (TPSA) is 59.8 Å². The monoisotopic (exact) mass is 396 g/mol. The molecule has 0 bridgehead atoms. The molecule has 150 valence electrons. The van der Waals surface area contributed by atoms with Crippen LogP contribution in [0.25, 0.3) is 17.1 Å². The number of carbonyl (C=O) groups excluding carboxylic acids is 1. The zero-order chi connectivity index (χ0) is 21.1. The van der Waals surface area contributed by atoms with Gasteiger partial charge in [0.1, 0.15) is 0 Å². The SMILES string of the molecule is Cc1ccc(-c2nc(C(=O)NCc3ccccc3)nn2-c2ccc(C)c(C)c2)cc1. The molecule has 5 nitrogen and oxygen atoms in total. The first-order valence-corrected chi connectivity index (χ1v) is 9.95. The minimum Gasteiger partial charge on any atom is -0.345 e. The van der Waals surface area contributed by atoms with E-state index < -0.39 is 0 Å². The van der Waals surface area contributed by atoms with Gasteiger partial charge in [-0.3, -0.25) is 4.79 Å². The molecule has 1 N–H and O–H groups in total. The molecule has 0 aliphatic carbocycles. The van der Waals surface area contributed by atoms with Crippen molar-refractivity contribution in [3.63, 3.8) is 0 Å². The lowest BCUT2D eigenvalue weighted by Crippen LogP contribution is -2.24. The first-order chi connectivity index (χ1) is 14.5. The Morgan fingerprint density at radius 1 is 0.900 bits per heavy atom. The first kappa shape index (κ1) is 19.6. The second-order valence-corrected chi connectivity index (χ2v) is 7.47. The standard InChI is InChI=1S/C25H24N4O/c1-17-9-12-21(13-10-17)24-27-23(25(30)26-16-20-7-5-4-6-8-20)28-29(24)22-14-11-18(2)19(3)15-22/h4-15H,16H2,1-3H3,(H,26,30). The fourth-order valence-electron chi connectivity index (χ4n) is 3.19. The van der Waals surface area contributed by atoms with Crippen LogP contribution in [0.4, 0.5) is 0 Å². The third kappa shape index (κ3) is 4.15. The molecule has 0 aliphatic rings. The molecule has 0 atom stereocenters. The normalized spacial score (nSPS) is 10.8. The van der Waals surface area contributed by atoms with Crippen molar-refractivity contribution < 1.29 is 4.79 Å². The molecule has 4 aromatic rings. The van der Waals surface area contributed by atoms with Crippen LogP contribution in [0, 0.1) is 20.8 Å². The van der Waals surface area contributed by atoms with Crippen LogP contribution in [0.2, 0.25) is 0 Å². The predicted molar refractivity (Wildman–Crippen MR) is 119 cm³/mol. The molecule has 3 aromatic carbocycles. The number of rotatable bonds is 5. The lowest BCUT2D eigenvalue weighted by Gasteiger charge is -2.08. The number of carbonyl (C=O) groups is 1. The summed E-state index contributed by atoms with van der Waals surface area (Å²) in [5.74, 6) is 0.498. The van der Waals surface area contributed by atoms with Crippen LogP contribution in [0.5, 0.6) is 0 Å². The number of aryl methyl sites for hydroxylation is 3. The van der Waals surface area contributed by atoms with E-state index in [1.807, 2.05) is 67.6 Å². The van der Waals surface area contributed by atoms with Gasteiger partial charge in [-0.2, -0.15) is 0 Å². The lowest BCUT2D eigenvalue weighted by molar-refractivity contribution is 0.0940. The van der Waals surface area contributed by atoms with Crippen LogP contribution in [0.3, 0.4) is 0 Å². The average Bonchev–Trinajstić information content (AvgIpc) is 3.21. The maximum Gasteiger partial charge on any atom is 0.291 e. The molecule has 1 heterocycles. The molecule has 0 spiro atoms. The molecule has 0 saturated carbocycles. The minimum atomic E-state index is -0.296. The first-order valence-electron chi connectivity index (χ1n) is 9.95. The van der Waals surface area contributed by atoms with Gasteiger partial charge in [0, 0.05) is 12.1 Å². The fourth-order valence-corrected chi connectivity index (χ4v) is 3.19. The summed E-state index contributed by atoms with van der Waals surface area (Å²) in [6, 6.07) is 24.0. The highest BCUT2D eigenvalue weighted by Gasteiger charge is 2.19. The highest BCUT2D eigenvalue weighted by atomic mass is 16.2. The summed E-state index contributed by atoms with van der Waals surface area (Å²) in [7, 11) is 0. The van der Waals surface area contributed by atoms with Gasteiger partial charge in [0.2, 0.25) is 5.82 Å². The summed E-state index contributed by atoms with van der Waals surface area (Å²) in [6.07, 6.45) is 0. The molecule has 0 aliphatic heterocycles. The molecule has 30 heavy (non-hydrogen) atoms. The Morgan fingerprint density at radius 2 is 1.63 bits per heavy atom. The number of benzene rings is 3. The number of amides is 1. The number of nitrogens with one attached hydrogen (secondary N) is 1. The van der Waals surface area contributed by atoms with Crippen molar-refractivity contribution in [2.24, 2.45) is 0 Å². The number of aromatic nitrogens is 3. The van der Waals surface area contributed by atoms with Crippen LogP contribution in [-0.4, -0.2) is 20.7 Å². The highest BCUT2D eigenvalue weighted by molar-refractivity contribution is 5.91. The van der Waals surface area contributed by atoms with Crippen LogP contribution in [0.15, 0.2) is 72.8 Å². The van der Waals surface area contributed by atoms with Gasteiger partial charge in [-0.1, -0.05) is 66.2 Å². The van der Waals surface area contributed by atoms with E-state index in [4.69, 9.17) is 0 Å². The van der Waals surface area contributed by atoms with Gasteiger partial charge in [-0.25, -0.2) is 9.67 Å². The van der Waals surface area contributed by atoms with Crippen molar-refractivity contribution in [1.29, 1.82) is 0 Å². The molecule has 0 radical (unpaired) electrons. The second kappa shape index (κ2) is 8.33. The van der Waals surface area contributed by atoms with E-state index in [1.54, 1.807) is 4.68 Å². The van der Waals surface area contributed by atoms with E-state index in [0.717, 1.165) is 27.9 Å². The predicted octanol–water partition coefficient (Wildman–Crippen LogP) is 4.79. The van der Waals surface area contributed by atoms with Crippen molar-refractivity contribution in [1.82, 2.24) is 20.1 Å². The second-order valence-electron chi connectivity index (χ2n) is 7.47. The smallest absolute Gasteiger partial charge is 0.291 e. The number of hydrogen-bond donors (Lipinski definition) is 1. The zero-order valence-corrected chi connectivity index (χ0v) is 17.4. The third-order valence-corrected chi connectivity index (χ3v) is 5.15. The molecule has 1 amide bonds. The molecule has 4 rings (SSSR count). The molecule has 0 saturated heterocycles. The Hall–Kier alpha value is -3.73. The Bertz CT molecular complexity index is 1180. The fraction of sp³-hybridized carbons (Fsp3) is 0.160. The van der Waals surface area contributed by atoms with Crippen LogP contribution >= 0.6 is 0 Å². The van der Waals surface area contributed by atoms with E-state index >= 15 is 0 Å². The Labute approximate surface area is 176 Å². The minimum absolute atomic E-state index is 0.153. The average molecular weight is 396 g/mol. The Kier molecular flexibility index (Phi) is 5.44. The molecule has 1 aromatic heterocycles. The van der Waals surface area contributed by atoms with Crippen molar-refractivity contribution in [2.75, 3.05) is 0 Å². The summed E-state index contributed by atoms with van der Waals surface area (Å²) < 4.78 is 1.74. The van der Waals surface area contributed by atoms with Gasteiger partial charge in [0.15, 0.2) is 5.82 Å². The number of hydrogen-bond acceptors (Lipinski definition) is 3. The third-order valence-electron chi connectivity index (χ3n) is 5.15. The Balaban J connectivity index is 1.70. The summed E-state index contributed by atoms with van der Waals surface area (Å²) in [5, 5.41) is 7.47. The summed E-state index contributed by atoms with van der Waals surface area (Å²) in [5.41, 5.74) is 6.34. The van der Waals surface area contributed by atoms with Crippen LogP contribution < -0.4 is 5.32 Å².